The van der Waals surface area contributed by atoms with Crippen molar-refractivity contribution in [3.05, 3.63) is 59.9 Å². The third-order valence-electron chi connectivity index (χ3n) is 4.99. The van der Waals surface area contributed by atoms with Crippen LogP contribution in [0, 0.1) is 0 Å². The van der Waals surface area contributed by atoms with Gasteiger partial charge >= 0.3 is 6.36 Å². The van der Waals surface area contributed by atoms with Gasteiger partial charge in [-0.2, -0.15) is 0 Å². The fraction of sp³-hybridized carbons (Fsp3) is 0.250. The Morgan fingerprint density at radius 3 is 2.73 bits per heavy atom. The Balaban J connectivity index is 1.62. The monoisotopic (exact) mass is 417 g/mol. The Morgan fingerprint density at radius 2 is 1.97 bits per heavy atom. The minimum absolute atomic E-state index is 0.119. The summed E-state index contributed by atoms with van der Waals surface area (Å²) in [6.07, 6.45) is -3.41. The van der Waals surface area contributed by atoms with Crippen LogP contribution in [0.15, 0.2) is 48.8 Å². The molecule has 0 radical (unpaired) electrons. The number of alkyl halides is 3. The molecule has 1 aromatic heterocycles. The maximum atomic E-state index is 12.6. The number of fused-ring (bicyclic) bond motifs is 1. The zero-order chi connectivity index (χ0) is 21.3. The van der Waals surface area contributed by atoms with Gasteiger partial charge in [-0.05, 0) is 29.8 Å². The molecule has 1 aliphatic rings. The maximum Gasteiger partial charge on any atom is 0.573 e. The number of anilines is 1. The van der Waals surface area contributed by atoms with E-state index in [1.165, 1.54) is 24.5 Å². The smallest absolute Gasteiger partial charge is 0.406 e. The number of benzene rings is 2. The van der Waals surface area contributed by atoms with Crippen LogP contribution in [-0.2, 0) is 0 Å². The number of nitrogens with two attached hydrogens (primary N) is 1. The van der Waals surface area contributed by atoms with Crippen LogP contribution < -0.4 is 21.1 Å². The summed E-state index contributed by atoms with van der Waals surface area (Å²) in [5.41, 5.74) is 6.86. The predicted molar refractivity (Wildman–Crippen MR) is 104 cm³/mol. The number of nitrogens with zero attached hydrogens (tertiary/aromatic N) is 2. The highest BCUT2D eigenvalue weighted by Gasteiger charge is 2.33. The van der Waals surface area contributed by atoms with Crippen LogP contribution in [0.1, 0.15) is 21.8 Å². The fourth-order valence-electron chi connectivity index (χ4n) is 3.70. The molecule has 30 heavy (non-hydrogen) atoms. The number of rotatable bonds is 5. The van der Waals surface area contributed by atoms with Crippen LogP contribution in [0.2, 0.25) is 0 Å². The number of hydrogen-bond donors (Lipinski definition) is 3. The van der Waals surface area contributed by atoms with Gasteiger partial charge in [-0.25, -0.2) is 9.97 Å². The molecular formula is C20H18F3N5O2. The van der Waals surface area contributed by atoms with E-state index in [0.29, 0.717) is 35.4 Å². The average Bonchev–Trinajstić information content (AvgIpc) is 3.15. The molecule has 3 aromatic rings. The Bertz CT molecular complexity index is 1090. The van der Waals surface area contributed by atoms with Crippen molar-refractivity contribution in [2.75, 3.05) is 18.4 Å². The molecule has 1 amide bonds. The molecule has 2 aromatic carbocycles. The number of primary amides is 1. The molecule has 0 bridgehead atoms. The first kappa shape index (κ1) is 19.9. The summed E-state index contributed by atoms with van der Waals surface area (Å²) < 4.78 is 41.7. The maximum absolute atomic E-state index is 12.6. The van der Waals surface area contributed by atoms with Gasteiger partial charge in [0.25, 0.3) is 5.91 Å². The molecule has 156 valence electrons. The van der Waals surface area contributed by atoms with E-state index in [1.807, 2.05) is 0 Å². The summed E-state index contributed by atoms with van der Waals surface area (Å²) in [7, 11) is 0. The van der Waals surface area contributed by atoms with Crippen LogP contribution >= 0.6 is 0 Å². The third-order valence-corrected chi connectivity index (χ3v) is 4.99. The summed E-state index contributed by atoms with van der Waals surface area (Å²) in [5, 5.41) is 7.21. The third kappa shape index (κ3) is 4.13. The summed E-state index contributed by atoms with van der Waals surface area (Å²) in [6.45, 7) is 1.15. The Kier molecular flexibility index (Phi) is 5.17. The van der Waals surface area contributed by atoms with E-state index in [4.69, 9.17) is 5.73 Å². The van der Waals surface area contributed by atoms with Gasteiger partial charge in [-0.3, -0.25) is 4.79 Å². The lowest BCUT2D eigenvalue weighted by Crippen LogP contribution is -2.28. The van der Waals surface area contributed by atoms with Crippen molar-refractivity contribution in [3.63, 3.8) is 0 Å². The predicted octanol–water partition coefficient (Wildman–Crippen LogP) is 2.79. The van der Waals surface area contributed by atoms with Crippen LogP contribution in [0.5, 0.6) is 5.75 Å². The number of nitrogens with one attached hydrogen (secondary N) is 2. The molecule has 4 N–H and O–H groups in total. The Hall–Kier alpha value is -3.40. The highest BCUT2D eigenvalue weighted by Crippen LogP contribution is 2.31. The van der Waals surface area contributed by atoms with Crippen molar-refractivity contribution in [1.82, 2.24) is 15.3 Å². The first-order chi connectivity index (χ1) is 14.3. The molecule has 0 saturated carbocycles. The number of carbonyl (C=O) groups is 1. The van der Waals surface area contributed by atoms with Crippen molar-refractivity contribution in [1.29, 1.82) is 0 Å². The molecule has 1 saturated heterocycles. The summed E-state index contributed by atoms with van der Waals surface area (Å²) in [4.78, 5) is 20.1. The standard InChI is InChI=1S/C20H18F3N5O2/c21-20(22,23)30-12-4-1-3-11(7-12)15-8-25-9-16(15)28-19-14-6-2-5-13(18(24)29)17(14)26-10-27-19/h1-7,10,15-16,25H,8-9H2,(H2,24,29)(H,26,27,28)/t15-,16?/m0/s1. The minimum atomic E-state index is -4.75. The molecule has 2 heterocycles. The molecule has 1 fully saturated rings. The van der Waals surface area contributed by atoms with Crippen LogP contribution in [0.25, 0.3) is 10.9 Å². The highest BCUT2D eigenvalue weighted by atomic mass is 19.4. The van der Waals surface area contributed by atoms with Gasteiger partial charge in [-0.15, -0.1) is 13.2 Å². The highest BCUT2D eigenvalue weighted by molar-refractivity contribution is 6.06. The lowest BCUT2D eigenvalue weighted by Gasteiger charge is -2.22. The number of carbonyl (C=O) groups excluding carboxylic acids is 1. The van der Waals surface area contributed by atoms with Crippen molar-refractivity contribution in [3.8, 4) is 5.75 Å². The van der Waals surface area contributed by atoms with Gasteiger partial charge in [0, 0.05) is 30.4 Å². The normalized spacial score (nSPS) is 19.0. The second-order valence-electron chi connectivity index (χ2n) is 6.92. The topological polar surface area (TPSA) is 102 Å². The zero-order valence-corrected chi connectivity index (χ0v) is 15.6. The van der Waals surface area contributed by atoms with E-state index < -0.39 is 12.3 Å². The number of aromatic nitrogens is 2. The molecule has 1 aliphatic heterocycles. The first-order valence-electron chi connectivity index (χ1n) is 9.18. The molecule has 0 spiro atoms. The molecule has 10 heteroatoms. The van der Waals surface area contributed by atoms with Gasteiger partial charge in [0.1, 0.15) is 17.9 Å². The number of ether oxygens (including phenoxy) is 1. The summed E-state index contributed by atoms with van der Waals surface area (Å²) in [5.74, 6) is -0.452. The van der Waals surface area contributed by atoms with Gasteiger partial charge < -0.3 is 21.1 Å². The second kappa shape index (κ2) is 7.79. The SMILES string of the molecule is NC(=O)c1cccc2c(NC3CNC[C@H]3c3cccc(OC(F)(F)F)c3)ncnc12. The van der Waals surface area contributed by atoms with E-state index >= 15 is 0 Å². The minimum Gasteiger partial charge on any atom is -0.406 e. The van der Waals surface area contributed by atoms with Crippen molar-refractivity contribution in [2.24, 2.45) is 5.73 Å². The molecule has 0 aliphatic carbocycles. The average molecular weight is 417 g/mol. The lowest BCUT2D eigenvalue weighted by atomic mass is 9.94. The molecule has 1 unspecified atom stereocenters. The molecule has 2 atom stereocenters. The lowest BCUT2D eigenvalue weighted by molar-refractivity contribution is -0.274. The van der Waals surface area contributed by atoms with E-state index in [1.54, 1.807) is 24.3 Å². The Morgan fingerprint density at radius 1 is 1.17 bits per heavy atom. The van der Waals surface area contributed by atoms with Crippen LogP contribution in [0.4, 0.5) is 19.0 Å². The van der Waals surface area contributed by atoms with Gasteiger partial charge in [0.2, 0.25) is 0 Å². The molecule has 7 nitrogen and oxygen atoms in total. The quantitative estimate of drug-likeness (QED) is 0.590. The largest absolute Gasteiger partial charge is 0.573 e. The van der Waals surface area contributed by atoms with Crippen LogP contribution in [0.3, 0.4) is 0 Å². The van der Waals surface area contributed by atoms with Crippen molar-refractivity contribution >= 4 is 22.6 Å². The molecule has 4 rings (SSSR count). The van der Waals surface area contributed by atoms with Gasteiger partial charge in [-0.1, -0.05) is 18.2 Å². The van der Waals surface area contributed by atoms with E-state index in [-0.39, 0.29) is 23.3 Å². The summed E-state index contributed by atoms with van der Waals surface area (Å²) in [6, 6.07) is 10.9. The number of hydrogen-bond acceptors (Lipinski definition) is 6. The fourth-order valence-corrected chi connectivity index (χ4v) is 3.70. The first-order valence-corrected chi connectivity index (χ1v) is 9.18. The van der Waals surface area contributed by atoms with Crippen molar-refractivity contribution in [2.45, 2.75) is 18.3 Å². The molecular weight excluding hydrogens is 399 g/mol. The number of amides is 1. The second-order valence-corrected chi connectivity index (χ2v) is 6.92. The summed E-state index contributed by atoms with van der Waals surface area (Å²) >= 11 is 0. The Labute approximate surface area is 169 Å². The van der Waals surface area contributed by atoms with E-state index in [2.05, 4.69) is 25.3 Å². The van der Waals surface area contributed by atoms with Crippen LogP contribution in [-0.4, -0.2) is 41.4 Å². The van der Waals surface area contributed by atoms with E-state index in [9.17, 15) is 18.0 Å². The van der Waals surface area contributed by atoms with Gasteiger partial charge in [0.15, 0.2) is 0 Å². The van der Waals surface area contributed by atoms with E-state index in [0.717, 1.165) is 0 Å². The van der Waals surface area contributed by atoms with Gasteiger partial charge in [0.05, 0.1) is 11.1 Å². The number of para-hydroxylation sites is 1. The van der Waals surface area contributed by atoms with Crippen molar-refractivity contribution < 1.29 is 22.7 Å². The number of halogens is 3. The zero-order valence-electron chi connectivity index (χ0n) is 15.6.